The predicted molar refractivity (Wildman–Crippen MR) is 91.4 cm³/mol. The minimum Gasteiger partial charge on any atom is -0.323 e. The quantitative estimate of drug-likeness (QED) is 0.752. The van der Waals surface area contributed by atoms with Crippen LogP contribution < -0.4 is 5.32 Å². The van der Waals surface area contributed by atoms with Crippen LogP contribution in [0.15, 0.2) is 36.7 Å². The molecule has 0 saturated carbocycles. The van der Waals surface area contributed by atoms with Gasteiger partial charge in [0, 0.05) is 18.8 Å². The van der Waals surface area contributed by atoms with E-state index in [1.807, 2.05) is 42.3 Å². The van der Waals surface area contributed by atoms with Gasteiger partial charge in [0.1, 0.15) is 0 Å². The van der Waals surface area contributed by atoms with Crippen molar-refractivity contribution in [3.05, 3.63) is 53.3 Å². The fourth-order valence-corrected chi connectivity index (χ4v) is 3.12. The molecule has 0 atom stereocenters. The van der Waals surface area contributed by atoms with Gasteiger partial charge >= 0.3 is 0 Å². The van der Waals surface area contributed by atoms with E-state index in [9.17, 15) is 4.79 Å². The molecule has 24 heavy (non-hydrogen) atoms. The lowest BCUT2D eigenvalue weighted by molar-refractivity contribution is 0.101. The maximum absolute atomic E-state index is 11.8. The van der Waals surface area contributed by atoms with Gasteiger partial charge in [-0.3, -0.25) is 9.48 Å². The summed E-state index contributed by atoms with van der Waals surface area (Å²) in [5.41, 5.74) is 5.62. The summed E-state index contributed by atoms with van der Waals surface area (Å²) >= 11 is 0. The topological polar surface area (TPSA) is 72.7 Å². The van der Waals surface area contributed by atoms with Crippen molar-refractivity contribution in [2.24, 2.45) is 7.05 Å². The maximum atomic E-state index is 11.8. The summed E-state index contributed by atoms with van der Waals surface area (Å²) in [6.07, 6.45) is 5.63. The number of rotatable bonds is 3. The molecule has 0 spiro atoms. The molecule has 6 heteroatoms. The van der Waals surface area contributed by atoms with Gasteiger partial charge in [-0.05, 0) is 43.0 Å². The summed E-state index contributed by atoms with van der Waals surface area (Å²) in [6.45, 7) is 1.55. The number of para-hydroxylation sites is 1. The number of anilines is 2. The van der Waals surface area contributed by atoms with Crippen molar-refractivity contribution >= 4 is 17.4 Å². The highest BCUT2D eigenvalue weighted by molar-refractivity contribution is 6.00. The van der Waals surface area contributed by atoms with Crippen LogP contribution in [-0.4, -0.2) is 25.5 Å². The third-order valence-electron chi connectivity index (χ3n) is 4.32. The molecule has 0 bridgehead atoms. The molecule has 2 heterocycles. The van der Waals surface area contributed by atoms with Crippen LogP contribution in [-0.2, 0) is 19.9 Å². The van der Waals surface area contributed by atoms with Gasteiger partial charge in [-0.1, -0.05) is 12.1 Å². The van der Waals surface area contributed by atoms with Gasteiger partial charge in [0.2, 0.25) is 5.95 Å². The van der Waals surface area contributed by atoms with Gasteiger partial charge in [-0.25, -0.2) is 9.97 Å². The number of ketones is 1. The summed E-state index contributed by atoms with van der Waals surface area (Å²) in [7, 11) is 1.92. The van der Waals surface area contributed by atoms with Gasteiger partial charge in [0.05, 0.1) is 23.3 Å². The van der Waals surface area contributed by atoms with Crippen molar-refractivity contribution < 1.29 is 4.79 Å². The Bertz CT molecular complexity index is 944. The molecule has 1 N–H and O–H groups in total. The SMILES string of the molecule is CC(=O)c1ccccc1Nc1ncc2c(n1)-c1c(cnn1C)CC2. The van der Waals surface area contributed by atoms with Crippen LogP contribution in [0.5, 0.6) is 0 Å². The molecular weight excluding hydrogens is 302 g/mol. The second-order valence-electron chi connectivity index (χ2n) is 5.94. The summed E-state index contributed by atoms with van der Waals surface area (Å²) < 4.78 is 1.85. The lowest BCUT2D eigenvalue weighted by Gasteiger charge is -2.17. The van der Waals surface area contributed by atoms with Crippen molar-refractivity contribution in [1.29, 1.82) is 0 Å². The lowest BCUT2D eigenvalue weighted by Crippen LogP contribution is -2.11. The number of Topliss-reactive ketones (excluding diaryl/α,β-unsaturated/α-hetero) is 1. The van der Waals surface area contributed by atoms with Gasteiger partial charge in [-0.15, -0.1) is 0 Å². The fourth-order valence-electron chi connectivity index (χ4n) is 3.12. The van der Waals surface area contributed by atoms with E-state index in [0.717, 1.165) is 29.8 Å². The van der Waals surface area contributed by atoms with Crippen LogP contribution in [0, 0.1) is 0 Å². The number of nitrogens with one attached hydrogen (secondary N) is 1. The van der Waals surface area contributed by atoms with E-state index in [0.29, 0.717) is 17.2 Å². The molecule has 1 aromatic carbocycles. The molecule has 2 aromatic heterocycles. The first-order chi connectivity index (χ1) is 11.6. The summed E-state index contributed by atoms with van der Waals surface area (Å²) in [5.74, 6) is 0.487. The second-order valence-corrected chi connectivity index (χ2v) is 5.94. The Morgan fingerprint density at radius 2 is 1.96 bits per heavy atom. The number of carbonyl (C=O) groups excluding carboxylic acids is 1. The Labute approximate surface area is 139 Å². The number of fused-ring (bicyclic) bond motifs is 3. The average molecular weight is 319 g/mol. The van der Waals surface area contributed by atoms with E-state index in [-0.39, 0.29) is 5.78 Å². The first kappa shape index (κ1) is 14.6. The molecule has 3 aromatic rings. The highest BCUT2D eigenvalue weighted by Gasteiger charge is 2.22. The van der Waals surface area contributed by atoms with Gasteiger partial charge in [0.15, 0.2) is 5.78 Å². The van der Waals surface area contributed by atoms with Crippen molar-refractivity contribution in [1.82, 2.24) is 19.7 Å². The molecule has 0 unspecified atom stereocenters. The van der Waals surface area contributed by atoms with E-state index < -0.39 is 0 Å². The van der Waals surface area contributed by atoms with Crippen LogP contribution in [0.4, 0.5) is 11.6 Å². The average Bonchev–Trinajstić information content (AvgIpc) is 2.97. The molecule has 4 rings (SSSR count). The Balaban J connectivity index is 1.75. The number of hydrogen-bond acceptors (Lipinski definition) is 5. The minimum atomic E-state index is 0.00461. The molecule has 1 aliphatic carbocycles. The zero-order valence-corrected chi connectivity index (χ0v) is 13.6. The minimum absolute atomic E-state index is 0.00461. The number of benzene rings is 1. The second kappa shape index (κ2) is 5.56. The smallest absolute Gasteiger partial charge is 0.227 e. The Morgan fingerprint density at radius 1 is 1.17 bits per heavy atom. The van der Waals surface area contributed by atoms with Crippen molar-refractivity contribution in [2.45, 2.75) is 19.8 Å². The third-order valence-corrected chi connectivity index (χ3v) is 4.32. The monoisotopic (exact) mass is 319 g/mol. The standard InChI is InChI=1S/C18H17N5O/c1-11(24)14-5-3-4-6-15(14)21-18-19-9-12-7-8-13-10-20-23(2)17(13)16(12)22-18/h3-6,9-10H,7-8H2,1-2H3,(H,19,21,22). The molecule has 0 saturated heterocycles. The van der Waals surface area contributed by atoms with E-state index in [1.165, 1.54) is 5.56 Å². The molecule has 6 nitrogen and oxygen atoms in total. The van der Waals surface area contributed by atoms with Crippen molar-refractivity contribution in [2.75, 3.05) is 5.32 Å². The Morgan fingerprint density at radius 3 is 2.79 bits per heavy atom. The van der Waals surface area contributed by atoms with Crippen molar-refractivity contribution in [3.8, 4) is 11.4 Å². The summed E-state index contributed by atoms with van der Waals surface area (Å²) in [6, 6.07) is 7.38. The zero-order chi connectivity index (χ0) is 16.7. The first-order valence-corrected chi connectivity index (χ1v) is 7.87. The van der Waals surface area contributed by atoms with Crippen LogP contribution >= 0.6 is 0 Å². The molecule has 0 radical (unpaired) electrons. The highest BCUT2D eigenvalue weighted by Crippen LogP contribution is 2.32. The summed E-state index contributed by atoms with van der Waals surface area (Å²) in [5, 5.41) is 7.51. The van der Waals surface area contributed by atoms with Crippen molar-refractivity contribution in [3.63, 3.8) is 0 Å². The van der Waals surface area contributed by atoms with E-state index in [4.69, 9.17) is 0 Å². The molecule has 0 fully saturated rings. The Kier molecular flexibility index (Phi) is 3.37. The molecule has 120 valence electrons. The number of hydrogen-bond donors (Lipinski definition) is 1. The predicted octanol–water partition coefficient (Wildman–Crippen LogP) is 2.92. The molecule has 1 aliphatic rings. The van der Waals surface area contributed by atoms with E-state index in [2.05, 4.69) is 20.4 Å². The normalized spacial score (nSPS) is 12.4. The largest absolute Gasteiger partial charge is 0.323 e. The van der Waals surface area contributed by atoms with Gasteiger partial charge in [0.25, 0.3) is 0 Å². The number of carbonyl (C=O) groups is 1. The fraction of sp³-hybridized carbons (Fsp3) is 0.222. The number of aromatic nitrogens is 4. The van der Waals surface area contributed by atoms with Crippen LogP contribution in [0.2, 0.25) is 0 Å². The number of aryl methyl sites for hydroxylation is 3. The molecule has 0 amide bonds. The zero-order valence-electron chi connectivity index (χ0n) is 13.6. The molecule has 0 aliphatic heterocycles. The molecular formula is C18H17N5O. The number of nitrogens with zero attached hydrogens (tertiary/aromatic N) is 4. The van der Waals surface area contributed by atoms with Crippen LogP contribution in [0.25, 0.3) is 11.4 Å². The van der Waals surface area contributed by atoms with E-state index >= 15 is 0 Å². The third kappa shape index (κ3) is 2.36. The highest BCUT2D eigenvalue weighted by atomic mass is 16.1. The van der Waals surface area contributed by atoms with E-state index in [1.54, 1.807) is 13.0 Å². The van der Waals surface area contributed by atoms with Crippen LogP contribution in [0.1, 0.15) is 28.4 Å². The van der Waals surface area contributed by atoms with Crippen LogP contribution in [0.3, 0.4) is 0 Å². The first-order valence-electron chi connectivity index (χ1n) is 7.87. The maximum Gasteiger partial charge on any atom is 0.227 e. The summed E-state index contributed by atoms with van der Waals surface area (Å²) in [4.78, 5) is 20.9. The van der Waals surface area contributed by atoms with Gasteiger partial charge < -0.3 is 5.32 Å². The van der Waals surface area contributed by atoms with Gasteiger partial charge in [-0.2, -0.15) is 5.10 Å². The Hall–Kier alpha value is -3.02. The lowest BCUT2D eigenvalue weighted by atomic mass is 9.95.